The summed E-state index contributed by atoms with van der Waals surface area (Å²) >= 11 is 0. The molecule has 0 aliphatic heterocycles. The molecule has 0 saturated carbocycles. The Hall–Kier alpha value is -1.59. The van der Waals surface area contributed by atoms with Crippen LogP contribution in [0, 0.1) is 0 Å². The molecular formula is C66H128O6. The van der Waals surface area contributed by atoms with E-state index in [1.54, 1.807) is 0 Å². The lowest BCUT2D eigenvalue weighted by molar-refractivity contribution is -0.167. The van der Waals surface area contributed by atoms with Gasteiger partial charge in [-0.2, -0.15) is 0 Å². The zero-order valence-electron chi connectivity index (χ0n) is 49.2. The Morgan fingerprint density at radius 1 is 0.222 bits per heavy atom. The van der Waals surface area contributed by atoms with Crippen molar-refractivity contribution in [2.45, 2.75) is 393 Å². The highest BCUT2D eigenvalue weighted by molar-refractivity contribution is 5.71. The summed E-state index contributed by atoms with van der Waals surface area (Å²) in [5, 5.41) is 0. The first-order valence-electron chi connectivity index (χ1n) is 33.0. The Kier molecular flexibility index (Phi) is 60.6. The monoisotopic (exact) mass is 1020 g/mol. The molecule has 0 spiro atoms. The van der Waals surface area contributed by atoms with Crippen molar-refractivity contribution in [2.75, 3.05) is 13.2 Å². The first-order chi connectivity index (χ1) is 35.5. The highest BCUT2D eigenvalue weighted by atomic mass is 16.6. The number of carbonyl (C=O) groups excluding carboxylic acids is 3. The topological polar surface area (TPSA) is 78.9 Å². The van der Waals surface area contributed by atoms with E-state index in [0.717, 1.165) is 57.8 Å². The molecule has 0 amide bonds. The van der Waals surface area contributed by atoms with Crippen LogP contribution in [0.2, 0.25) is 0 Å². The Balaban J connectivity index is 4.15. The molecule has 0 fully saturated rings. The third-order valence-electron chi connectivity index (χ3n) is 15.4. The SMILES string of the molecule is CCCCCCCCCCCCCCCCCCCCCCCCCC(=O)OCC(COC(=O)CCCCCCCCCCCC)OC(=O)CCCCCCCCCCCCCCCCCCCCCCC. The predicted molar refractivity (Wildman–Crippen MR) is 312 cm³/mol. The number of rotatable bonds is 62. The van der Waals surface area contributed by atoms with Gasteiger partial charge in [0.2, 0.25) is 0 Å². The average molecular weight is 1020 g/mol. The molecule has 0 heterocycles. The van der Waals surface area contributed by atoms with E-state index in [0.29, 0.717) is 19.3 Å². The zero-order chi connectivity index (χ0) is 52.2. The van der Waals surface area contributed by atoms with Crippen LogP contribution in [-0.4, -0.2) is 37.2 Å². The van der Waals surface area contributed by atoms with Gasteiger partial charge in [0.25, 0.3) is 0 Å². The number of hydrogen-bond acceptors (Lipinski definition) is 6. The van der Waals surface area contributed by atoms with E-state index >= 15 is 0 Å². The number of unbranched alkanes of at least 4 members (excludes halogenated alkanes) is 51. The predicted octanol–water partition coefficient (Wildman–Crippen LogP) is 22.3. The average Bonchev–Trinajstić information content (AvgIpc) is 3.38. The lowest BCUT2D eigenvalue weighted by Crippen LogP contribution is -2.30. The minimum absolute atomic E-state index is 0.0607. The Bertz CT molecular complexity index is 1080. The van der Waals surface area contributed by atoms with Crippen LogP contribution in [0.1, 0.15) is 387 Å². The number of ether oxygens (including phenoxy) is 3. The summed E-state index contributed by atoms with van der Waals surface area (Å²) in [6, 6.07) is 0. The van der Waals surface area contributed by atoms with Crippen LogP contribution in [0.5, 0.6) is 0 Å². The molecule has 0 rings (SSSR count). The summed E-state index contributed by atoms with van der Waals surface area (Å²) in [4.78, 5) is 38.2. The summed E-state index contributed by atoms with van der Waals surface area (Å²) < 4.78 is 16.9. The van der Waals surface area contributed by atoms with Gasteiger partial charge in [-0.3, -0.25) is 14.4 Å². The molecule has 0 aliphatic rings. The fraction of sp³-hybridized carbons (Fsp3) is 0.955. The maximum atomic E-state index is 12.9. The third kappa shape index (κ3) is 59.3. The molecule has 0 radical (unpaired) electrons. The molecule has 6 nitrogen and oxygen atoms in total. The second-order valence-corrected chi connectivity index (χ2v) is 22.8. The van der Waals surface area contributed by atoms with Gasteiger partial charge in [-0.1, -0.05) is 348 Å². The van der Waals surface area contributed by atoms with Crippen molar-refractivity contribution in [2.24, 2.45) is 0 Å². The minimum atomic E-state index is -0.762. The molecule has 0 aromatic carbocycles. The summed E-state index contributed by atoms with van der Waals surface area (Å²) in [7, 11) is 0. The van der Waals surface area contributed by atoms with E-state index in [-0.39, 0.29) is 31.1 Å². The van der Waals surface area contributed by atoms with E-state index in [2.05, 4.69) is 20.8 Å². The van der Waals surface area contributed by atoms with Gasteiger partial charge in [-0.15, -0.1) is 0 Å². The normalized spacial score (nSPS) is 11.9. The molecule has 6 heteroatoms. The van der Waals surface area contributed by atoms with Crippen LogP contribution in [-0.2, 0) is 28.6 Å². The van der Waals surface area contributed by atoms with Gasteiger partial charge >= 0.3 is 17.9 Å². The fourth-order valence-corrected chi connectivity index (χ4v) is 10.4. The molecule has 0 aliphatic carbocycles. The summed E-state index contributed by atoms with van der Waals surface area (Å²) in [5.41, 5.74) is 0. The molecule has 428 valence electrons. The lowest BCUT2D eigenvalue weighted by Gasteiger charge is -2.18. The third-order valence-corrected chi connectivity index (χ3v) is 15.4. The highest BCUT2D eigenvalue weighted by Gasteiger charge is 2.19. The van der Waals surface area contributed by atoms with Gasteiger partial charge in [0, 0.05) is 19.3 Å². The quantitative estimate of drug-likeness (QED) is 0.0343. The van der Waals surface area contributed by atoms with E-state index < -0.39 is 6.10 Å². The van der Waals surface area contributed by atoms with Crippen molar-refractivity contribution in [3.8, 4) is 0 Å². The van der Waals surface area contributed by atoms with E-state index in [1.165, 1.54) is 289 Å². The molecule has 0 aromatic heterocycles. The van der Waals surface area contributed by atoms with Crippen LogP contribution in [0.4, 0.5) is 0 Å². The molecular weight excluding hydrogens is 889 g/mol. The van der Waals surface area contributed by atoms with Crippen LogP contribution >= 0.6 is 0 Å². The van der Waals surface area contributed by atoms with Crippen molar-refractivity contribution in [1.29, 1.82) is 0 Å². The van der Waals surface area contributed by atoms with Crippen molar-refractivity contribution >= 4 is 17.9 Å². The fourth-order valence-electron chi connectivity index (χ4n) is 10.4. The van der Waals surface area contributed by atoms with Crippen LogP contribution in [0.25, 0.3) is 0 Å². The van der Waals surface area contributed by atoms with Gasteiger partial charge in [0.05, 0.1) is 0 Å². The van der Waals surface area contributed by atoms with Crippen LogP contribution in [0.15, 0.2) is 0 Å². The molecule has 1 unspecified atom stereocenters. The summed E-state index contributed by atoms with van der Waals surface area (Å²) in [5.74, 6) is -0.828. The van der Waals surface area contributed by atoms with E-state index in [9.17, 15) is 14.4 Å². The van der Waals surface area contributed by atoms with Crippen molar-refractivity contribution < 1.29 is 28.6 Å². The molecule has 0 saturated heterocycles. The number of hydrogen-bond donors (Lipinski definition) is 0. The summed E-state index contributed by atoms with van der Waals surface area (Å²) in [6.07, 6.45) is 71.3. The van der Waals surface area contributed by atoms with Gasteiger partial charge in [0.1, 0.15) is 13.2 Å². The van der Waals surface area contributed by atoms with Crippen LogP contribution in [0.3, 0.4) is 0 Å². The van der Waals surface area contributed by atoms with Crippen molar-refractivity contribution in [3.05, 3.63) is 0 Å². The van der Waals surface area contributed by atoms with Crippen molar-refractivity contribution in [1.82, 2.24) is 0 Å². The van der Waals surface area contributed by atoms with Gasteiger partial charge < -0.3 is 14.2 Å². The van der Waals surface area contributed by atoms with Gasteiger partial charge in [-0.05, 0) is 19.3 Å². The second kappa shape index (κ2) is 62.0. The number of esters is 3. The maximum absolute atomic E-state index is 12.9. The largest absolute Gasteiger partial charge is 0.462 e. The molecule has 0 N–H and O–H groups in total. The molecule has 0 bridgehead atoms. The highest BCUT2D eigenvalue weighted by Crippen LogP contribution is 2.19. The standard InChI is InChI=1S/C66H128O6/c1-4-7-10-13-16-19-22-24-26-28-30-32-33-35-36-38-40-42-44-47-50-53-56-59-65(68)71-62-63(61-70-64(67)58-55-52-49-46-21-18-15-12-9-6-3)72-66(69)60-57-54-51-48-45-43-41-39-37-34-31-29-27-25-23-20-17-14-11-8-5-2/h63H,4-62H2,1-3H3. The zero-order valence-corrected chi connectivity index (χ0v) is 49.2. The number of carbonyl (C=O) groups is 3. The van der Waals surface area contributed by atoms with Gasteiger partial charge in [0.15, 0.2) is 6.10 Å². The Morgan fingerprint density at radius 2 is 0.375 bits per heavy atom. The van der Waals surface area contributed by atoms with E-state index in [4.69, 9.17) is 14.2 Å². The molecule has 0 aromatic rings. The molecule has 1 atom stereocenters. The van der Waals surface area contributed by atoms with Crippen molar-refractivity contribution in [3.63, 3.8) is 0 Å². The smallest absolute Gasteiger partial charge is 0.306 e. The Morgan fingerprint density at radius 3 is 0.556 bits per heavy atom. The summed E-state index contributed by atoms with van der Waals surface area (Å²) in [6.45, 7) is 6.72. The maximum Gasteiger partial charge on any atom is 0.306 e. The van der Waals surface area contributed by atoms with Crippen LogP contribution < -0.4 is 0 Å². The minimum Gasteiger partial charge on any atom is -0.462 e. The lowest BCUT2D eigenvalue weighted by atomic mass is 10.0. The first kappa shape index (κ1) is 70.4. The first-order valence-corrected chi connectivity index (χ1v) is 33.0. The second-order valence-electron chi connectivity index (χ2n) is 22.8. The molecule has 72 heavy (non-hydrogen) atoms. The van der Waals surface area contributed by atoms with Gasteiger partial charge in [-0.25, -0.2) is 0 Å². The Labute approximate surface area is 450 Å². The van der Waals surface area contributed by atoms with E-state index in [1.807, 2.05) is 0 Å².